The van der Waals surface area contributed by atoms with Crippen molar-refractivity contribution in [2.45, 2.75) is 6.18 Å². The number of nitrogens with one attached hydrogen (secondary N) is 2. The third kappa shape index (κ3) is 8.63. The lowest BCUT2D eigenvalue weighted by atomic mass is 10.2. The van der Waals surface area contributed by atoms with Crippen LogP contribution in [0.5, 0.6) is 5.75 Å². The van der Waals surface area contributed by atoms with Gasteiger partial charge in [-0.3, -0.25) is 4.79 Å². The summed E-state index contributed by atoms with van der Waals surface area (Å²) in [4.78, 5) is 11.5. The standard InChI is InChI=1S/C14H19F3N2O3.ClH/c1-21-9-8-18-6-7-19-13(20)10-22-12-5-3-2-4-11(12)14(15,16)17;/h2-5,18H,6-10H2,1H3,(H,19,20);1H. The summed E-state index contributed by atoms with van der Waals surface area (Å²) in [5, 5.41) is 5.55. The van der Waals surface area contributed by atoms with Gasteiger partial charge in [-0.1, -0.05) is 12.1 Å². The number of hydrogen-bond acceptors (Lipinski definition) is 4. The molecular weight excluding hydrogens is 337 g/mol. The highest BCUT2D eigenvalue weighted by Gasteiger charge is 2.34. The van der Waals surface area contributed by atoms with E-state index in [4.69, 9.17) is 9.47 Å². The fraction of sp³-hybridized carbons (Fsp3) is 0.500. The zero-order valence-corrected chi connectivity index (χ0v) is 13.4. The number of carbonyl (C=O) groups is 1. The Morgan fingerprint density at radius 3 is 2.52 bits per heavy atom. The summed E-state index contributed by atoms with van der Waals surface area (Å²) in [5.41, 5.74) is -0.899. The maximum atomic E-state index is 12.7. The minimum atomic E-state index is -4.52. The molecule has 0 saturated heterocycles. The first-order valence-corrected chi connectivity index (χ1v) is 6.70. The molecule has 0 aliphatic heterocycles. The zero-order chi connectivity index (χ0) is 16.4. The molecule has 0 aromatic heterocycles. The van der Waals surface area contributed by atoms with Crippen LogP contribution in [0.25, 0.3) is 0 Å². The van der Waals surface area contributed by atoms with Crippen LogP contribution in [-0.4, -0.2) is 45.9 Å². The molecule has 0 aliphatic carbocycles. The Balaban J connectivity index is 0.00000484. The first-order valence-electron chi connectivity index (χ1n) is 6.70. The van der Waals surface area contributed by atoms with Gasteiger partial charge in [-0.25, -0.2) is 0 Å². The molecule has 0 bridgehead atoms. The van der Waals surface area contributed by atoms with Crippen molar-refractivity contribution < 1.29 is 27.4 Å². The van der Waals surface area contributed by atoms with E-state index in [9.17, 15) is 18.0 Å². The summed E-state index contributed by atoms with van der Waals surface area (Å²) in [7, 11) is 1.58. The highest BCUT2D eigenvalue weighted by Crippen LogP contribution is 2.35. The number of carbonyl (C=O) groups excluding carboxylic acids is 1. The lowest BCUT2D eigenvalue weighted by molar-refractivity contribution is -0.139. The van der Waals surface area contributed by atoms with E-state index in [0.717, 1.165) is 6.07 Å². The fourth-order valence-electron chi connectivity index (χ4n) is 1.61. The normalized spacial score (nSPS) is 10.8. The molecule has 1 rings (SSSR count). The molecule has 5 nitrogen and oxygen atoms in total. The SMILES string of the molecule is COCCNCCNC(=O)COc1ccccc1C(F)(F)F.Cl. The van der Waals surface area contributed by atoms with Crippen LogP contribution in [0.4, 0.5) is 13.2 Å². The average molecular weight is 357 g/mol. The Morgan fingerprint density at radius 1 is 1.17 bits per heavy atom. The Kier molecular flexibility index (Phi) is 10.4. The van der Waals surface area contributed by atoms with E-state index in [2.05, 4.69) is 10.6 Å². The molecule has 23 heavy (non-hydrogen) atoms. The van der Waals surface area contributed by atoms with Gasteiger partial charge in [0.15, 0.2) is 6.61 Å². The molecule has 0 radical (unpaired) electrons. The molecule has 9 heteroatoms. The number of methoxy groups -OCH3 is 1. The minimum Gasteiger partial charge on any atom is -0.483 e. The lowest BCUT2D eigenvalue weighted by Gasteiger charge is -2.13. The van der Waals surface area contributed by atoms with E-state index in [0.29, 0.717) is 26.2 Å². The highest BCUT2D eigenvalue weighted by atomic mass is 35.5. The Labute approximate surface area is 138 Å². The number of halogens is 4. The number of para-hydroxylation sites is 1. The molecule has 0 unspecified atom stereocenters. The van der Waals surface area contributed by atoms with E-state index in [1.54, 1.807) is 7.11 Å². The molecule has 1 aromatic rings. The van der Waals surface area contributed by atoms with Gasteiger partial charge in [-0.15, -0.1) is 12.4 Å². The number of hydrogen-bond donors (Lipinski definition) is 2. The van der Waals surface area contributed by atoms with Crippen LogP contribution in [0.15, 0.2) is 24.3 Å². The Morgan fingerprint density at radius 2 is 1.87 bits per heavy atom. The van der Waals surface area contributed by atoms with Crippen LogP contribution < -0.4 is 15.4 Å². The molecule has 2 N–H and O–H groups in total. The summed E-state index contributed by atoms with van der Waals surface area (Å²) in [6, 6.07) is 4.78. The summed E-state index contributed by atoms with van der Waals surface area (Å²) < 4.78 is 48.0. The van der Waals surface area contributed by atoms with Crippen molar-refractivity contribution in [3.63, 3.8) is 0 Å². The summed E-state index contributed by atoms with van der Waals surface area (Å²) in [5.74, 6) is -0.839. The van der Waals surface area contributed by atoms with Crippen LogP contribution in [-0.2, 0) is 15.7 Å². The van der Waals surface area contributed by atoms with Gasteiger partial charge in [0, 0.05) is 26.7 Å². The third-order valence-electron chi connectivity index (χ3n) is 2.66. The van der Waals surface area contributed by atoms with Gasteiger partial charge in [0.1, 0.15) is 5.75 Å². The van der Waals surface area contributed by atoms with Gasteiger partial charge < -0.3 is 20.1 Å². The van der Waals surface area contributed by atoms with Gasteiger partial charge in [-0.05, 0) is 12.1 Å². The predicted molar refractivity (Wildman–Crippen MR) is 81.9 cm³/mol. The monoisotopic (exact) mass is 356 g/mol. The molecule has 1 amide bonds. The smallest absolute Gasteiger partial charge is 0.419 e. The van der Waals surface area contributed by atoms with Crippen molar-refractivity contribution in [1.82, 2.24) is 10.6 Å². The zero-order valence-electron chi connectivity index (χ0n) is 12.6. The molecule has 132 valence electrons. The lowest BCUT2D eigenvalue weighted by Crippen LogP contribution is -2.35. The van der Waals surface area contributed by atoms with Crippen LogP contribution in [0.2, 0.25) is 0 Å². The van der Waals surface area contributed by atoms with Crippen molar-refractivity contribution in [1.29, 1.82) is 0 Å². The van der Waals surface area contributed by atoms with E-state index in [1.807, 2.05) is 0 Å². The van der Waals surface area contributed by atoms with Crippen LogP contribution >= 0.6 is 12.4 Å². The highest BCUT2D eigenvalue weighted by molar-refractivity contribution is 5.85. The number of alkyl halides is 3. The van der Waals surface area contributed by atoms with Crippen LogP contribution in [0, 0.1) is 0 Å². The van der Waals surface area contributed by atoms with Gasteiger partial charge in [0.2, 0.25) is 0 Å². The molecular formula is C14H20ClF3N2O3. The third-order valence-corrected chi connectivity index (χ3v) is 2.66. The largest absolute Gasteiger partial charge is 0.483 e. The number of amides is 1. The summed E-state index contributed by atoms with van der Waals surface area (Å²) in [6.45, 7) is 1.64. The number of ether oxygens (including phenoxy) is 2. The van der Waals surface area contributed by atoms with Crippen molar-refractivity contribution >= 4 is 18.3 Å². The molecule has 0 spiro atoms. The van der Waals surface area contributed by atoms with E-state index in [1.165, 1.54) is 18.2 Å². The second kappa shape index (κ2) is 11.1. The van der Waals surface area contributed by atoms with Crippen LogP contribution in [0.3, 0.4) is 0 Å². The van der Waals surface area contributed by atoms with Crippen molar-refractivity contribution in [2.24, 2.45) is 0 Å². The van der Waals surface area contributed by atoms with Crippen molar-refractivity contribution in [2.75, 3.05) is 40.0 Å². The Hall–Kier alpha value is -1.51. The van der Waals surface area contributed by atoms with Crippen LogP contribution in [0.1, 0.15) is 5.56 Å². The van der Waals surface area contributed by atoms with Crippen molar-refractivity contribution in [3.05, 3.63) is 29.8 Å². The van der Waals surface area contributed by atoms with Gasteiger partial charge in [-0.2, -0.15) is 13.2 Å². The predicted octanol–water partition coefficient (Wildman–Crippen LogP) is 1.86. The van der Waals surface area contributed by atoms with Gasteiger partial charge in [0.05, 0.1) is 12.2 Å². The first-order chi connectivity index (χ1) is 10.4. The number of rotatable bonds is 9. The van der Waals surface area contributed by atoms with Crippen molar-refractivity contribution in [3.8, 4) is 5.75 Å². The summed E-state index contributed by atoms with van der Waals surface area (Å²) >= 11 is 0. The molecule has 0 heterocycles. The molecule has 0 fully saturated rings. The number of benzene rings is 1. The van der Waals surface area contributed by atoms with Gasteiger partial charge in [0.25, 0.3) is 5.91 Å². The average Bonchev–Trinajstić information content (AvgIpc) is 2.48. The van der Waals surface area contributed by atoms with Gasteiger partial charge >= 0.3 is 6.18 Å². The topological polar surface area (TPSA) is 59.6 Å². The summed E-state index contributed by atoms with van der Waals surface area (Å²) in [6.07, 6.45) is -4.52. The Bertz CT molecular complexity index is 473. The first kappa shape index (κ1) is 21.5. The molecule has 1 aromatic carbocycles. The fourth-order valence-corrected chi connectivity index (χ4v) is 1.61. The second-order valence-corrected chi connectivity index (χ2v) is 4.38. The quantitative estimate of drug-likeness (QED) is 0.663. The van der Waals surface area contributed by atoms with E-state index in [-0.39, 0.29) is 18.2 Å². The molecule has 0 aliphatic rings. The maximum Gasteiger partial charge on any atom is 0.419 e. The minimum absolute atomic E-state index is 0. The van der Waals surface area contributed by atoms with E-state index < -0.39 is 24.3 Å². The second-order valence-electron chi connectivity index (χ2n) is 4.38. The maximum absolute atomic E-state index is 12.7. The molecule has 0 atom stereocenters. The molecule has 0 saturated carbocycles. The van der Waals surface area contributed by atoms with E-state index >= 15 is 0 Å².